The molecule has 1 aliphatic carbocycles. The number of fused-ring (bicyclic) bond motifs is 2. The van der Waals surface area contributed by atoms with Gasteiger partial charge in [-0.3, -0.25) is 4.79 Å². The molecule has 0 radical (unpaired) electrons. The molecule has 3 rings (SSSR count). The van der Waals surface area contributed by atoms with Crippen LogP contribution in [0.1, 0.15) is 67.9 Å². The summed E-state index contributed by atoms with van der Waals surface area (Å²) in [7, 11) is 0. The molecule has 1 aromatic rings. The second kappa shape index (κ2) is 6.31. The third-order valence-electron chi connectivity index (χ3n) is 5.37. The van der Waals surface area contributed by atoms with Crippen molar-refractivity contribution in [2.24, 2.45) is 0 Å². The van der Waals surface area contributed by atoms with Crippen molar-refractivity contribution >= 4 is 23.5 Å². The highest BCUT2D eigenvalue weighted by Crippen LogP contribution is 2.46. The number of hydrogen-bond acceptors (Lipinski definition) is 3. The first-order chi connectivity index (χ1) is 11.6. The molecular weight excluding hydrogens is 338 g/mol. The summed E-state index contributed by atoms with van der Waals surface area (Å²) in [5.41, 5.74) is 2.38. The fraction of sp³-hybridized carbons (Fsp3) is 0.600. The molecular formula is C20H26ClNO3. The number of ketones is 1. The van der Waals surface area contributed by atoms with Crippen molar-refractivity contribution in [2.45, 2.75) is 64.4 Å². The van der Waals surface area contributed by atoms with Gasteiger partial charge < -0.3 is 9.64 Å². The quantitative estimate of drug-likeness (QED) is 0.659. The minimum absolute atomic E-state index is 0.0307. The summed E-state index contributed by atoms with van der Waals surface area (Å²) in [5, 5.41) is 0.648. The first-order valence-corrected chi connectivity index (χ1v) is 9.31. The molecule has 0 bridgehead atoms. The fourth-order valence-electron chi connectivity index (χ4n) is 3.94. The topological polar surface area (TPSA) is 46.6 Å². The molecule has 1 fully saturated rings. The van der Waals surface area contributed by atoms with E-state index in [4.69, 9.17) is 16.3 Å². The van der Waals surface area contributed by atoms with Crippen molar-refractivity contribution < 1.29 is 14.3 Å². The predicted molar refractivity (Wildman–Crippen MR) is 98.5 cm³/mol. The number of likely N-dealkylation sites (tertiary alicyclic amines) is 1. The molecule has 4 nitrogen and oxygen atoms in total. The Labute approximate surface area is 154 Å². The van der Waals surface area contributed by atoms with Crippen LogP contribution >= 0.6 is 11.6 Å². The van der Waals surface area contributed by atoms with E-state index in [2.05, 4.69) is 6.07 Å². The fourth-order valence-corrected chi connectivity index (χ4v) is 4.10. The second-order valence-corrected chi connectivity index (χ2v) is 8.73. The number of carbonyl (C=O) groups excluding carboxylic acids is 2. The Hall–Kier alpha value is -1.55. The maximum Gasteiger partial charge on any atom is 0.410 e. The Morgan fingerprint density at radius 3 is 2.44 bits per heavy atom. The second-order valence-electron chi connectivity index (χ2n) is 8.32. The van der Waals surface area contributed by atoms with Gasteiger partial charge in [0.2, 0.25) is 0 Å². The molecule has 0 N–H and O–H groups in total. The number of amides is 1. The third-order valence-corrected chi connectivity index (χ3v) is 5.78. The Morgan fingerprint density at radius 2 is 1.84 bits per heavy atom. The van der Waals surface area contributed by atoms with E-state index in [0.29, 0.717) is 24.5 Å². The van der Waals surface area contributed by atoms with Crippen LogP contribution in [-0.4, -0.2) is 35.5 Å². The zero-order chi connectivity index (χ0) is 18.4. The molecule has 1 aromatic carbocycles. The first kappa shape index (κ1) is 18.2. The van der Waals surface area contributed by atoms with Crippen LogP contribution in [0.15, 0.2) is 12.1 Å². The van der Waals surface area contributed by atoms with Crippen molar-refractivity contribution in [3.05, 3.63) is 33.8 Å². The summed E-state index contributed by atoms with van der Waals surface area (Å²) in [4.78, 5) is 26.5. The average molecular weight is 364 g/mol. The minimum Gasteiger partial charge on any atom is -0.444 e. The highest BCUT2D eigenvalue weighted by atomic mass is 35.5. The van der Waals surface area contributed by atoms with Crippen molar-refractivity contribution in [2.75, 3.05) is 13.1 Å². The molecule has 1 spiro atoms. The van der Waals surface area contributed by atoms with Gasteiger partial charge in [0.05, 0.1) is 0 Å². The number of nitrogens with zero attached hydrogens (tertiary/aromatic N) is 1. The zero-order valence-corrected chi connectivity index (χ0v) is 16.2. The number of halogens is 1. The lowest BCUT2D eigenvalue weighted by Gasteiger charge is -2.45. The van der Waals surface area contributed by atoms with Gasteiger partial charge in [-0.1, -0.05) is 17.7 Å². The SMILES string of the molecule is Cc1cc2c(cc1Cl)C(=O)CCC21CCN(C(=O)OC(C)(C)C)CC1. The number of carbonyl (C=O) groups is 2. The normalized spacial score (nSPS) is 19.7. The van der Waals surface area contributed by atoms with Crippen LogP contribution in [0, 0.1) is 6.92 Å². The summed E-state index contributed by atoms with van der Waals surface area (Å²) in [6, 6.07) is 3.91. The smallest absolute Gasteiger partial charge is 0.410 e. The number of piperidine rings is 1. The highest BCUT2D eigenvalue weighted by Gasteiger charge is 2.43. The summed E-state index contributed by atoms with van der Waals surface area (Å²) < 4.78 is 5.49. The number of benzene rings is 1. The Morgan fingerprint density at radius 1 is 1.20 bits per heavy atom. The van der Waals surface area contributed by atoms with E-state index in [1.165, 1.54) is 0 Å². The molecule has 1 saturated heterocycles. The Kier molecular flexibility index (Phi) is 4.61. The number of ether oxygens (including phenoxy) is 1. The van der Waals surface area contributed by atoms with Crippen LogP contribution in [0.4, 0.5) is 4.79 Å². The van der Waals surface area contributed by atoms with Crippen LogP contribution in [0.2, 0.25) is 5.02 Å². The molecule has 5 heteroatoms. The summed E-state index contributed by atoms with van der Waals surface area (Å²) in [6.45, 7) is 8.93. The van der Waals surface area contributed by atoms with E-state index in [0.717, 1.165) is 36.0 Å². The van der Waals surface area contributed by atoms with E-state index < -0.39 is 5.60 Å². The molecule has 0 unspecified atom stereocenters. The van der Waals surface area contributed by atoms with Crippen LogP contribution in [-0.2, 0) is 10.2 Å². The van der Waals surface area contributed by atoms with E-state index >= 15 is 0 Å². The van der Waals surface area contributed by atoms with Gasteiger partial charge in [-0.05, 0) is 69.6 Å². The molecule has 136 valence electrons. The summed E-state index contributed by atoms with van der Waals surface area (Å²) in [5.74, 6) is 0.178. The first-order valence-electron chi connectivity index (χ1n) is 8.93. The maximum absolute atomic E-state index is 12.4. The standard InChI is InChI=1S/C20H26ClNO3/c1-13-11-15-14(12-16(13)21)17(23)5-6-20(15)7-9-22(10-8-20)18(24)25-19(2,3)4/h11-12H,5-10H2,1-4H3. The van der Waals surface area contributed by atoms with Crippen LogP contribution in [0.25, 0.3) is 0 Å². The minimum atomic E-state index is -0.482. The van der Waals surface area contributed by atoms with Gasteiger partial charge >= 0.3 is 6.09 Å². The Balaban J connectivity index is 1.82. The van der Waals surface area contributed by atoms with Gasteiger partial charge in [-0.2, -0.15) is 0 Å². The van der Waals surface area contributed by atoms with Crippen molar-refractivity contribution in [1.29, 1.82) is 0 Å². The lowest BCUT2D eigenvalue weighted by Crippen LogP contribution is -2.48. The van der Waals surface area contributed by atoms with E-state index in [-0.39, 0.29) is 17.3 Å². The van der Waals surface area contributed by atoms with Gasteiger partial charge in [-0.25, -0.2) is 4.79 Å². The van der Waals surface area contributed by atoms with E-state index in [1.54, 1.807) is 4.90 Å². The monoisotopic (exact) mass is 363 g/mol. The van der Waals surface area contributed by atoms with Gasteiger partial charge in [-0.15, -0.1) is 0 Å². The lowest BCUT2D eigenvalue weighted by molar-refractivity contribution is 0.0153. The number of rotatable bonds is 0. The molecule has 0 aromatic heterocycles. The van der Waals surface area contributed by atoms with Crippen LogP contribution in [0.5, 0.6) is 0 Å². The van der Waals surface area contributed by atoms with E-state index in [1.807, 2.05) is 33.8 Å². The van der Waals surface area contributed by atoms with Gasteiger partial charge in [0, 0.05) is 30.1 Å². The molecule has 1 aliphatic heterocycles. The van der Waals surface area contributed by atoms with Crippen LogP contribution in [0.3, 0.4) is 0 Å². The molecule has 2 aliphatic rings. The van der Waals surface area contributed by atoms with E-state index in [9.17, 15) is 9.59 Å². The number of Topliss-reactive ketones (excluding diaryl/α,β-unsaturated/α-hetero) is 1. The number of hydrogen-bond donors (Lipinski definition) is 0. The highest BCUT2D eigenvalue weighted by molar-refractivity contribution is 6.31. The molecule has 1 amide bonds. The lowest BCUT2D eigenvalue weighted by atomic mass is 9.64. The van der Waals surface area contributed by atoms with Gasteiger partial charge in [0.1, 0.15) is 5.60 Å². The van der Waals surface area contributed by atoms with Gasteiger partial charge in [0.15, 0.2) is 5.78 Å². The van der Waals surface area contributed by atoms with Crippen molar-refractivity contribution in [3.63, 3.8) is 0 Å². The number of aryl methyl sites for hydroxylation is 1. The summed E-state index contributed by atoms with van der Waals surface area (Å²) >= 11 is 6.24. The molecule has 1 heterocycles. The van der Waals surface area contributed by atoms with Crippen molar-refractivity contribution in [1.82, 2.24) is 4.90 Å². The molecule has 25 heavy (non-hydrogen) atoms. The predicted octanol–water partition coefficient (Wildman–Crippen LogP) is 4.89. The maximum atomic E-state index is 12.4. The molecule has 0 saturated carbocycles. The average Bonchev–Trinajstić information content (AvgIpc) is 2.52. The van der Waals surface area contributed by atoms with Crippen LogP contribution < -0.4 is 0 Å². The largest absolute Gasteiger partial charge is 0.444 e. The third kappa shape index (κ3) is 3.55. The zero-order valence-electron chi connectivity index (χ0n) is 15.4. The van der Waals surface area contributed by atoms with Crippen molar-refractivity contribution in [3.8, 4) is 0 Å². The molecule has 0 atom stereocenters. The van der Waals surface area contributed by atoms with Gasteiger partial charge in [0.25, 0.3) is 0 Å². The Bertz CT molecular complexity index is 712. The summed E-state index contributed by atoms with van der Waals surface area (Å²) in [6.07, 6.45) is 2.86.